The molecule has 0 aliphatic carbocycles. The summed E-state index contributed by atoms with van der Waals surface area (Å²) in [7, 11) is 0. The van der Waals surface area contributed by atoms with E-state index in [4.69, 9.17) is 9.15 Å². The standard InChI is InChI=1S/C11H11O2.3C4H9.Sn/c1-8-9-5-3-4-6-10(9)13-11(8)7-12-2;3*1-3-4-2;/h3-6H,2,7H2,1H3;3*1,3-4H2,2H3;. The first-order valence-corrected chi connectivity index (χ1v) is 18.8. The summed E-state index contributed by atoms with van der Waals surface area (Å²) >= 11 is -2.19. The summed E-state index contributed by atoms with van der Waals surface area (Å²) < 4.78 is 18.0. The molecule has 26 heavy (non-hydrogen) atoms. The van der Waals surface area contributed by atoms with Crippen LogP contribution in [0.5, 0.6) is 0 Å². The average Bonchev–Trinajstić information content (AvgIpc) is 2.99. The quantitative estimate of drug-likeness (QED) is 0.284. The van der Waals surface area contributed by atoms with Crippen LogP contribution >= 0.6 is 0 Å². The number of furan rings is 1. The molecule has 2 aromatic rings. The first-order chi connectivity index (χ1) is 12.7. The van der Waals surface area contributed by atoms with E-state index in [1.807, 2.05) is 6.07 Å². The van der Waals surface area contributed by atoms with Gasteiger partial charge in [0.25, 0.3) is 0 Å². The zero-order valence-electron chi connectivity index (χ0n) is 17.4. The van der Waals surface area contributed by atoms with E-state index in [0.717, 1.165) is 16.0 Å². The summed E-state index contributed by atoms with van der Waals surface area (Å²) in [5.41, 5.74) is 2.23. The Morgan fingerprint density at radius 2 is 1.46 bits per heavy atom. The number of fused-ring (bicyclic) bond motifs is 1. The third-order valence-corrected chi connectivity index (χ3v) is 20.2. The second-order valence-electron chi connectivity index (χ2n) is 7.95. The molecule has 0 aliphatic heterocycles. The molecular weight excluding hydrogens is 427 g/mol. The van der Waals surface area contributed by atoms with E-state index < -0.39 is 18.4 Å². The summed E-state index contributed by atoms with van der Waals surface area (Å²) in [6, 6.07) is 8.32. The minimum absolute atomic E-state index is 0.642. The van der Waals surface area contributed by atoms with Crippen LogP contribution in [0.3, 0.4) is 0 Å². The molecule has 0 spiro atoms. The van der Waals surface area contributed by atoms with Crippen LogP contribution in [0.1, 0.15) is 70.6 Å². The van der Waals surface area contributed by atoms with Crippen molar-refractivity contribution < 1.29 is 9.15 Å². The van der Waals surface area contributed by atoms with Crippen LogP contribution in [-0.2, 0) is 11.3 Å². The molecule has 2 rings (SSSR count). The summed E-state index contributed by atoms with van der Waals surface area (Å²) in [6.07, 6.45) is 8.16. The van der Waals surface area contributed by atoms with Crippen molar-refractivity contribution in [3.63, 3.8) is 0 Å². The number of hydrogen-bond donors (Lipinski definition) is 0. The molecule has 0 atom stereocenters. The third-order valence-electron chi connectivity index (χ3n) is 5.77. The molecule has 3 heteroatoms. The summed E-state index contributed by atoms with van der Waals surface area (Å²) in [4.78, 5) is 0. The molecule has 1 aromatic heterocycles. The SMILES string of the molecule is CCC[CH2][Sn]([CH2]CCC)([CH2]CCC)[CH2]OCc1oc2ccccc2c1C. The van der Waals surface area contributed by atoms with Crippen molar-refractivity contribution in [3.8, 4) is 0 Å². The molecule has 1 heterocycles. The fourth-order valence-corrected chi connectivity index (χ4v) is 18.3. The molecule has 0 saturated heterocycles. The second-order valence-corrected chi connectivity index (χ2v) is 21.6. The van der Waals surface area contributed by atoms with Crippen LogP contribution < -0.4 is 0 Å². The van der Waals surface area contributed by atoms with Crippen LogP contribution in [0.4, 0.5) is 0 Å². The van der Waals surface area contributed by atoms with Gasteiger partial charge >= 0.3 is 165 Å². The Morgan fingerprint density at radius 3 is 2.00 bits per heavy atom. The molecule has 0 amide bonds. The molecule has 2 nitrogen and oxygen atoms in total. The number of benzene rings is 1. The van der Waals surface area contributed by atoms with Gasteiger partial charge in [-0.25, -0.2) is 0 Å². The van der Waals surface area contributed by atoms with Crippen molar-refractivity contribution in [3.05, 3.63) is 35.6 Å². The maximum absolute atomic E-state index is 6.39. The molecule has 0 radical (unpaired) electrons. The van der Waals surface area contributed by atoms with Gasteiger partial charge in [0.15, 0.2) is 0 Å². The van der Waals surface area contributed by atoms with Gasteiger partial charge in [0.1, 0.15) is 0 Å². The van der Waals surface area contributed by atoms with Crippen molar-refractivity contribution in [1.82, 2.24) is 0 Å². The number of ether oxygens (including phenoxy) is 1. The van der Waals surface area contributed by atoms with Gasteiger partial charge in [-0.15, -0.1) is 0 Å². The second kappa shape index (κ2) is 11.4. The van der Waals surface area contributed by atoms with Crippen LogP contribution in [0, 0.1) is 6.92 Å². The zero-order valence-corrected chi connectivity index (χ0v) is 20.3. The zero-order chi connectivity index (χ0) is 18.8. The number of hydrogen-bond acceptors (Lipinski definition) is 2. The van der Waals surface area contributed by atoms with E-state index in [1.165, 1.54) is 62.8 Å². The van der Waals surface area contributed by atoms with Gasteiger partial charge in [-0.1, -0.05) is 0 Å². The average molecular weight is 465 g/mol. The molecule has 0 bridgehead atoms. The fourth-order valence-electron chi connectivity index (χ4n) is 3.97. The molecular formula is C23H38O2Sn. The van der Waals surface area contributed by atoms with E-state index in [9.17, 15) is 0 Å². The van der Waals surface area contributed by atoms with Crippen LogP contribution in [0.25, 0.3) is 11.0 Å². The molecule has 0 aliphatic rings. The topological polar surface area (TPSA) is 22.4 Å². The fraction of sp³-hybridized carbons (Fsp3) is 0.652. The third kappa shape index (κ3) is 6.02. The normalized spacial score (nSPS) is 12.2. The Balaban J connectivity index is 2.04. The van der Waals surface area contributed by atoms with E-state index in [1.54, 1.807) is 0 Å². The van der Waals surface area contributed by atoms with Gasteiger partial charge in [0.05, 0.1) is 0 Å². The van der Waals surface area contributed by atoms with E-state index >= 15 is 0 Å². The van der Waals surface area contributed by atoms with Gasteiger partial charge < -0.3 is 0 Å². The van der Waals surface area contributed by atoms with E-state index in [2.05, 4.69) is 45.9 Å². The molecule has 0 unspecified atom stereocenters. The van der Waals surface area contributed by atoms with Crippen LogP contribution in [0.15, 0.2) is 28.7 Å². The molecule has 0 fully saturated rings. The number of rotatable bonds is 13. The van der Waals surface area contributed by atoms with Crippen molar-refractivity contribution in [1.29, 1.82) is 0 Å². The van der Waals surface area contributed by atoms with Gasteiger partial charge in [0, 0.05) is 0 Å². The molecule has 1 aromatic carbocycles. The van der Waals surface area contributed by atoms with Crippen molar-refractivity contribution in [2.75, 3.05) is 4.62 Å². The summed E-state index contributed by atoms with van der Waals surface area (Å²) in [6.45, 7) is 9.79. The molecule has 0 N–H and O–H groups in total. The molecule has 0 saturated carbocycles. The Bertz CT molecular complexity index is 625. The predicted molar refractivity (Wildman–Crippen MR) is 116 cm³/mol. The van der Waals surface area contributed by atoms with Gasteiger partial charge in [-0.3, -0.25) is 0 Å². The van der Waals surface area contributed by atoms with Crippen molar-refractivity contribution >= 4 is 29.3 Å². The van der Waals surface area contributed by atoms with Crippen LogP contribution in [-0.4, -0.2) is 23.0 Å². The van der Waals surface area contributed by atoms with Crippen molar-refractivity contribution in [2.45, 2.75) is 86.1 Å². The Kier molecular flexibility index (Phi) is 9.55. The Hall–Kier alpha value is -0.481. The summed E-state index contributed by atoms with van der Waals surface area (Å²) in [5.74, 6) is 1.02. The van der Waals surface area contributed by atoms with Crippen LogP contribution in [0.2, 0.25) is 13.3 Å². The Morgan fingerprint density at radius 1 is 0.885 bits per heavy atom. The number of aryl methyl sites for hydroxylation is 1. The van der Waals surface area contributed by atoms with E-state index in [-0.39, 0.29) is 0 Å². The minimum atomic E-state index is -2.19. The Labute approximate surface area is 164 Å². The molecule has 146 valence electrons. The van der Waals surface area contributed by atoms with Crippen molar-refractivity contribution in [2.24, 2.45) is 0 Å². The van der Waals surface area contributed by atoms with Gasteiger partial charge in [-0.05, 0) is 0 Å². The first kappa shape index (κ1) is 21.8. The number of para-hydroxylation sites is 1. The van der Waals surface area contributed by atoms with Gasteiger partial charge in [-0.2, -0.15) is 0 Å². The summed E-state index contributed by atoms with van der Waals surface area (Å²) in [5, 5.41) is 1.23. The monoisotopic (exact) mass is 466 g/mol. The number of unbranched alkanes of at least 4 members (excludes halogenated alkanes) is 3. The first-order valence-electron chi connectivity index (χ1n) is 10.7. The van der Waals surface area contributed by atoms with E-state index in [0.29, 0.717) is 6.61 Å². The predicted octanol–water partition coefficient (Wildman–Crippen LogP) is 7.65. The maximum atomic E-state index is 6.39. The van der Waals surface area contributed by atoms with Gasteiger partial charge in [0.2, 0.25) is 0 Å².